The third kappa shape index (κ3) is 5.58. The summed E-state index contributed by atoms with van der Waals surface area (Å²) < 4.78 is 18.8. The van der Waals surface area contributed by atoms with E-state index in [0.717, 1.165) is 0 Å². The summed E-state index contributed by atoms with van der Waals surface area (Å²) in [5.41, 5.74) is 0.636. The molecule has 0 fully saturated rings. The van der Waals surface area contributed by atoms with Gasteiger partial charge in [0, 0.05) is 18.7 Å². The molecule has 1 aromatic rings. The summed E-state index contributed by atoms with van der Waals surface area (Å²) in [7, 11) is 1.85. The van der Waals surface area contributed by atoms with Crippen LogP contribution >= 0.6 is 0 Å². The van der Waals surface area contributed by atoms with Crippen LogP contribution in [0.25, 0.3) is 0 Å². The van der Waals surface area contributed by atoms with Gasteiger partial charge in [0.1, 0.15) is 5.82 Å². The van der Waals surface area contributed by atoms with E-state index in [1.807, 2.05) is 31.9 Å². The molecule has 1 aromatic carbocycles. The van der Waals surface area contributed by atoms with Gasteiger partial charge in [0.05, 0.1) is 18.8 Å². The maximum atomic E-state index is 13.4. The standard InChI is InChI=1S/C14H22FNO2/c1-11(2)18-10-13(17)9-16(3)8-12-6-4-5-7-14(12)15/h4-7,11,13,17H,8-10H2,1-3H3/t13-/m0/s1. The quantitative estimate of drug-likeness (QED) is 0.809. The maximum absolute atomic E-state index is 13.4. The summed E-state index contributed by atoms with van der Waals surface area (Å²) in [5.74, 6) is -0.211. The molecule has 1 N–H and O–H groups in total. The highest BCUT2D eigenvalue weighted by atomic mass is 19.1. The largest absolute Gasteiger partial charge is 0.389 e. The molecule has 0 aromatic heterocycles. The molecule has 102 valence electrons. The van der Waals surface area contributed by atoms with Gasteiger partial charge in [0.15, 0.2) is 0 Å². The Morgan fingerprint density at radius 3 is 2.61 bits per heavy atom. The van der Waals surface area contributed by atoms with Crippen molar-refractivity contribution in [1.29, 1.82) is 0 Å². The Labute approximate surface area is 108 Å². The normalized spacial score (nSPS) is 13.3. The predicted octanol–water partition coefficient (Wildman–Crippen LogP) is 2.04. The molecule has 18 heavy (non-hydrogen) atoms. The molecule has 0 aliphatic carbocycles. The van der Waals surface area contributed by atoms with Gasteiger partial charge in [-0.1, -0.05) is 18.2 Å². The van der Waals surface area contributed by atoms with Crippen LogP contribution in [-0.2, 0) is 11.3 Å². The van der Waals surface area contributed by atoms with Crippen LogP contribution in [0.1, 0.15) is 19.4 Å². The fourth-order valence-corrected chi connectivity index (χ4v) is 1.70. The Morgan fingerprint density at radius 2 is 2.00 bits per heavy atom. The van der Waals surface area contributed by atoms with Crippen LogP contribution in [0.4, 0.5) is 4.39 Å². The highest BCUT2D eigenvalue weighted by Crippen LogP contribution is 2.09. The van der Waals surface area contributed by atoms with Crippen molar-refractivity contribution in [2.75, 3.05) is 20.2 Å². The van der Waals surface area contributed by atoms with Crippen molar-refractivity contribution in [1.82, 2.24) is 4.90 Å². The molecular formula is C14H22FNO2. The average molecular weight is 255 g/mol. The van der Waals surface area contributed by atoms with E-state index in [1.165, 1.54) is 6.07 Å². The van der Waals surface area contributed by atoms with Crippen molar-refractivity contribution in [2.24, 2.45) is 0 Å². The zero-order valence-electron chi connectivity index (χ0n) is 11.3. The van der Waals surface area contributed by atoms with Crippen molar-refractivity contribution >= 4 is 0 Å². The van der Waals surface area contributed by atoms with Crippen molar-refractivity contribution in [3.05, 3.63) is 35.6 Å². The lowest BCUT2D eigenvalue weighted by atomic mass is 10.2. The summed E-state index contributed by atoms with van der Waals surface area (Å²) in [5, 5.41) is 9.76. The lowest BCUT2D eigenvalue weighted by Gasteiger charge is -2.21. The number of ether oxygens (including phenoxy) is 1. The van der Waals surface area contributed by atoms with E-state index >= 15 is 0 Å². The summed E-state index contributed by atoms with van der Waals surface area (Å²) in [4.78, 5) is 1.88. The highest BCUT2D eigenvalue weighted by Gasteiger charge is 2.11. The molecule has 3 nitrogen and oxygen atoms in total. The molecule has 1 rings (SSSR count). The third-order valence-electron chi connectivity index (χ3n) is 2.54. The lowest BCUT2D eigenvalue weighted by Crippen LogP contribution is -2.32. The summed E-state index contributed by atoms with van der Waals surface area (Å²) >= 11 is 0. The van der Waals surface area contributed by atoms with Crippen molar-refractivity contribution < 1.29 is 14.2 Å². The lowest BCUT2D eigenvalue weighted by molar-refractivity contribution is -0.00643. The number of nitrogens with zero attached hydrogens (tertiary/aromatic N) is 1. The second-order valence-electron chi connectivity index (χ2n) is 4.82. The van der Waals surface area contributed by atoms with Crippen LogP contribution in [0.5, 0.6) is 0 Å². The molecule has 0 aliphatic heterocycles. The van der Waals surface area contributed by atoms with Gasteiger partial charge in [-0.2, -0.15) is 0 Å². The first-order valence-corrected chi connectivity index (χ1v) is 6.20. The molecule has 0 amide bonds. The molecule has 0 spiro atoms. The summed E-state index contributed by atoms with van der Waals surface area (Å²) in [6.45, 7) is 5.09. The van der Waals surface area contributed by atoms with Crippen LogP contribution in [0.15, 0.2) is 24.3 Å². The van der Waals surface area contributed by atoms with Crippen LogP contribution in [0.2, 0.25) is 0 Å². The Balaban J connectivity index is 2.37. The zero-order chi connectivity index (χ0) is 13.5. The minimum absolute atomic E-state index is 0.108. The topological polar surface area (TPSA) is 32.7 Å². The van der Waals surface area contributed by atoms with Gasteiger partial charge in [-0.3, -0.25) is 4.90 Å². The van der Waals surface area contributed by atoms with Crippen molar-refractivity contribution in [3.63, 3.8) is 0 Å². The third-order valence-corrected chi connectivity index (χ3v) is 2.54. The van der Waals surface area contributed by atoms with E-state index in [4.69, 9.17) is 4.74 Å². The van der Waals surface area contributed by atoms with Crippen LogP contribution in [0.3, 0.4) is 0 Å². The van der Waals surface area contributed by atoms with Gasteiger partial charge in [0.25, 0.3) is 0 Å². The number of likely N-dealkylation sites (N-methyl/N-ethyl adjacent to an activating group) is 1. The second-order valence-corrected chi connectivity index (χ2v) is 4.82. The predicted molar refractivity (Wildman–Crippen MR) is 69.8 cm³/mol. The summed E-state index contributed by atoms with van der Waals surface area (Å²) in [6, 6.07) is 6.68. The average Bonchev–Trinajstić information content (AvgIpc) is 2.29. The molecule has 0 heterocycles. The first kappa shape index (κ1) is 15.1. The van der Waals surface area contributed by atoms with E-state index in [0.29, 0.717) is 25.3 Å². The number of aliphatic hydroxyl groups is 1. The maximum Gasteiger partial charge on any atom is 0.127 e. The van der Waals surface area contributed by atoms with E-state index in [-0.39, 0.29) is 11.9 Å². The molecule has 4 heteroatoms. The van der Waals surface area contributed by atoms with E-state index in [2.05, 4.69) is 0 Å². The molecule has 0 unspecified atom stereocenters. The van der Waals surface area contributed by atoms with Gasteiger partial charge in [-0.25, -0.2) is 4.39 Å². The summed E-state index contributed by atoms with van der Waals surface area (Å²) in [6.07, 6.45) is -0.444. The molecule has 0 aliphatic rings. The van der Waals surface area contributed by atoms with Crippen LogP contribution in [0, 0.1) is 5.82 Å². The minimum Gasteiger partial charge on any atom is -0.389 e. The Bertz CT molecular complexity index is 357. The van der Waals surface area contributed by atoms with Crippen LogP contribution < -0.4 is 0 Å². The zero-order valence-corrected chi connectivity index (χ0v) is 11.3. The first-order valence-electron chi connectivity index (χ1n) is 6.20. The van der Waals surface area contributed by atoms with Crippen molar-refractivity contribution in [3.8, 4) is 0 Å². The number of hydrogen-bond donors (Lipinski definition) is 1. The molecule has 0 radical (unpaired) electrons. The van der Waals surface area contributed by atoms with Gasteiger partial charge >= 0.3 is 0 Å². The monoisotopic (exact) mass is 255 g/mol. The molecular weight excluding hydrogens is 233 g/mol. The van der Waals surface area contributed by atoms with E-state index < -0.39 is 6.10 Å². The number of rotatable bonds is 7. The number of benzene rings is 1. The van der Waals surface area contributed by atoms with Crippen LogP contribution in [-0.4, -0.2) is 42.4 Å². The Kier molecular flexibility index (Phi) is 6.25. The highest BCUT2D eigenvalue weighted by molar-refractivity contribution is 5.16. The smallest absolute Gasteiger partial charge is 0.127 e. The van der Waals surface area contributed by atoms with Gasteiger partial charge < -0.3 is 9.84 Å². The van der Waals surface area contributed by atoms with Crippen molar-refractivity contribution in [2.45, 2.75) is 32.6 Å². The fraction of sp³-hybridized carbons (Fsp3) is 0.571. The molecule has 1 atom stereocenters. The number of aliphatic hydroxyl groups excluding tert-OH is 1. The minimum atomic E-state index is -0.552. The second kappa shape index (κ2) is 7.46. The van der Waals surface area contributed by atoms with Gasteiger partial charge in [-0.15, -0.1) is 0 Å². The fourth-order valence-electron chi connectivity index (χ4n) is 1.70. The molecule has 0 saturated heterocycles. The molecule has 0 saturated carbocycles. The Morgan fingerprint density at radius 1 is 1.33 bits per heavy atom. The van der Waals surface area contributed by atoms with E-state index in [9.17, 15) is 9.50 Å². The number of hydrogen-bond acceptors (Lipinski definition) is 3. The molecule has 0 bridgehead atoms. The van der Waals surface area contributed by atoms with E-state index in [1.54, 1.807) is 12.1 Å². The van der Waals surface area contributed by atoms with Gasteiger partial charge in [-0.05, 0) is 27.0 Å². The SMILES string of the molecule is CC(C)OC[C@@H](O)CN(C)Cc1ccccc1F. The van der Waals surface area contributed by atoms with Gasteiger partial charge in [0.2, 0.25) is 0 Å². The number of halogens is 1. The Hall–Kier alpha value is -0.970. The first-order chi connectivity index (χ1) is 8.49.